The van der Waals surface area contributed by atoms with Gasteiger partial charge in [0.05, 0.1) is 6.61 Å². The maximum atomic E-state index is 12.7. The van der Waals surface area contributed by atoms with E-state index >= 15 is 0 Å². The molecule has 18 heavy (non-hydrogen) atoms. The van der Waals surface area contributed by atoms with Crippen LogP contribution in [0.1, 0.15) is 17.3 Å². The minimum absolute atomic E-state index is 0.114. The minimum atomic E-state index is -0.851. The fourth-order valence-corrected chi connectivity index (χ4v) is 1.17. The highest BCUT2D eigenvalue weighted by atomic mass is 19.1. The number of nitriles is 1. The van der Waals surface area contributed by atoms with Gasteiger partial charge in [-0.15, -0.1) is 0 Å². The van der Waals surface area contributed by atoms with Gasteiger partial charge >= 0.3 is 5.97 Å². The van der Waals surface area contributed by atoms with Crippen molar-refractivity contribution in [2.45, 2.75) is 6.92 Å². The third-order valence-electron chi connectivity index (χ3n) is 2.02. The molecule has 0 aliphatic rings. The Bertz CT molecular complexity index is 526. The molecule has 0 aromatic heterocycles. The number of allylic oxidation sites excluding steroid dienone is 1. The van der Waals surface area contributed by atoms with Gasteiger partial charge in [-0.3, -0.25) is 4.79 Å². The number of carbonyl (C=O) groups is 2. The molecule has 1 rings (SSSR count). The molecule has 0 unspecified atom stereocenters. The zero-order valence-corrected chi connectivity index (χ0v) is 9.64. The van der Waals surface area contributed by atoms with E-state index in [0.717, 1.165) is 18.2 Å². The van der Waals surface area contributed by atoms with E-state index in [9.17, 15) is 14.0 Å². The molecular formula is C13H10FNO3. The van der Waals surface area contributed by atoms with Gasteiger partial charge < -0.3 is 4.74 Å². The van der Waals surface area contributed by atoms with E-state index in [1.165, 1.54) is 12.1 Å². The van der Waals surface area contributed by atoms with Crippen LogP contribution < -0.4 is 0 Å². The molecule has 0 bridgehead atoms. The summed E-state index contributed by atoms with van der Waals surface area (Å²) in [6.45, 7) is 1.71. The van der Waals surface area contributed by atoms with Gasteiger partial charge in [0, 0.05) is 11.6 Å². The Morgan fingerprint density at radius 2 is 2.00 bits per heavy atom. The van der Waals surface area contributed by atoms with E-state index in [-0.39, 0.29) is 17.7 Å². The molecular weight excluding hydrogens is 237 g/mol. The van der Waals surface area contributed by atoms with Crippen molar-refractivity contribution in [1.82, 2.24) is 0 Å². The summed E-state index contributed by atoms with van der Waals surface area (Å²) < 4.78 is 17.3. The Balaban J connectivity index is 2.93. The summed E-state index contributed by atoms with van der Waals surface area (Å²) in [5, 5.41) is 8.73. The molecule has 0 N–H and O–H groups in total. The van der Waals surface area contributed by atoms with Gasteiger partial charge in [0.1, 0.15) is 17.5 Å². The molecule has 0 aliphatic carbocycles. The molecule has 4 nitrogen and oxygen atoms in total. The zero-order valence-electron chi connectivity index (χ0n) is 9.64. The van der Waals surface area contributed by atoms with Crippen LogP contribution in [-0.4, -0.2) is 18.4 Å². The molecule has 1 aromatic carbocycles. The first kappa shape index (κ1) is 13.6. The highest BCUT2D eigenvalue weighted by Gasteiger charge is 2.13. The molecule has 0 atom stereocenters. The van der Waals surface area contributed by atoms with Crippen LogP contribution in [0.15, 0.2) is 35.9 Å². The van der Waals surface area contributed by atoms with Crippen LogP contribution in [0.3, 0.4) is 0 Å². The van der Waals surface area contributed by atoms with Gasteiger partial charge in [-0.2, -0.15) is 5.26 Å². The van der Waals surface area contributed by atoms with Crippen molar-refractivity contribution in [3.63, 3.8) is 0 Å². The van der Waals surface area contributed by atoms with E-state index in [1.807, 2.05) is 0 Å². The highest BCUT2D eigenvalue weighted by molar-refractivity contribution is 6.09. The molecule has 0 amide bonds. The van der Waals surface area contributed by atoms with Crippen molar-refractivity contribution in [3.05, 3.63) is 47.3 Å². The number of benzene rings is 1. The Labute approximate surface area is 103 Å². The van der Waals surface area contributed by atoms with Gasteiger partial charge in [-0.1, -0.05) is 0 Å². The normalized spacial score (nSPS) is 10.6. The van der Waals surface area contributed by atoms with Gasteiger partial charge in [0.2, 0.25) is 0 Å². The molecule has 0 saturated heterocycles. The van der Waals surface area contributed by atoms with Crippen molar-refractivity contribution in [3.8, 4) is 6.07 Å². The maximum Gasteiger partial charge on any atom is 0.349 e. The minimum Gasteiger partial charge on any atom is -0.462 e. The van der Waals surface area contributed by atoms with E-state index in [1.54, 1.807) is 13.0 Å². The van der Waals surface area contributed by atoms with Crippen LogP contribution in [0.5, 0.6) is 0 Å². The number of ether oxygens (including phenoxy) is 1. The first-order valence-corrected chi connectivity index (χ1v) is 5.17. The van der Waals surface area contributed by atoms with E-state index in [4.69, 9.17) is 5.26 Å². The summed E-state index contributed by atoms with van der Waals surface area (Å²) in [4.78, 5) is 22.9. The number of rotatable bonds is 4. The number of ketones is 1. The van der Waals surface area contributed by atoms with Crippen LogP contribution in [0.25, 0.3) is 0 Å². The Hall–Kier alpha value is -2.48. The standard InChI is InChI=1S/C13H10FNO3/c1-2-18-13(17)10(8-15)7-12(16)9-3-5-11(14)6-4-9/h3-7H,2H2,1H3. The van der Waals surface area contributed by atoms with Crippen molar-refractivity contribution in [2.24, 2.45) is 0 Å². The number of hydrogen-bond donors (Lipinski definition) is 0. The number of hydrogen-bond acceptors (Lipinski definition) is 4. The topological polar surface area (TPSA) is 67.2 Å². The van der Waals surface area contributed by atoms with Gasteiger partial charge in [-0.25, -0.2) is 9.18 Å². The SMILES string of the molecule is CCOC(=O)C(C#N)=CC(=O)c1ccc(F)cc1. The molecule has 0 fully saturated rings. The van der Waals surface area contributed by atoms with Gasteiger partial charge in [0.25, 0.3) is 0 Å². The van der Waals surface area contributed by atoms with Crippen LogP contribution in [0.4, 0.5) is 4.39 Å². The molecule has 0 spiro atoms. The lowest BCUT2D eigenvalue weighted by molar-refractivity contribution is -0.138. The quantitative estimate of drug-likeness (QED) is 0.353. The van der Waals surface area contributed by atoms with E-state index < -0.39 is 17.6 Å². The van der Waals surface area contributed by atoms with Crippen LogP contribution >= 0.6 is 0 Å². The van der Waals surface area contributed by atoms with E-state index in [0.29, 0.717) is 0 Å². The highest BCUT2D eigenvalue weighted by Crippen LogP contribution is 2.07. The summed E-state index contributed by atoms with van der Waals surface area (Å²) >= 11 is 0. The summed E-state index contributed by atoms with van der Waals surface area (Å²) in [6, 6.07) is 6.38. The first-order valence-electron chi connectivity index (χ1n) is 5.17. The van der Waals surface area contributed by atoms with Crippen LogP contribution in [0, 0.1) is 17.1 Å². The molecule has 1 aromatic rings. The third kappa shape index (κ3) is 3.52. The Morgan fingerprint density at radius 3 is 2.50 bits per heavy atom. The van der Waals surface area contributed by atoms with Crippen molar-refractivity contribution in [1.29, 1.82) is 5.26 Å². The fourth-order valence-electron chi connectivity index (χ4n) is 1.17. The Morgan fingerprint density at radius 1 is 1.39 bits per heavy atom. The average molecular weight is 247 g/mol. The lowest BCUT2D eigenvalue weighted by Gasteiger charge is -1.99. The summed E-state index contributed by atoms with van der Waals surface area (Å²) in [7, 11) is 0. The van der Waals surface area contributed by atoms with Crippen molar-refractivity contribution >= 4 is 11.8 Å². The molecule has 0 aliphatic heterocycles. The van der Waals surface area contributed by atoms with Crippen LogP contribution in [0.2, 0.25) is 0 Å². The summed E-state index contributed by atoms with van der Waals surface area (Å²) in [6.07, 6.45) is 0.880. The lowest BCUT2D eigenvalue weighted by Crippen LogP contribution is -2.08. The number of esters is 1. The third-order valence-corrected chi connectivity index (χ3v) is 2.02. The number of carbonyl (C=O) groups excluding carboxylic acids is 2. The molecule has 0 radical (unpaired) electrons. The summed E-state index contributed by atoms with van der Waals surface area (Å²) in [5.41, 5.74) is -0.195. The summed E-state index contributed by atoms with van der Waals surface area (Å²) in [5.74, 6) is -1.88. The maximum absolute atomic E-state index is 12.7. The smallest absolute Gasteiger partial charge is 0.349 e. The average Bonchev–Trinajstić information content (AvgIpc) is 2.36. The largest absolute Gasteiger partial charge is 0.462 e. The monoisotopic (exact) mass is 247 g/mol. The second kappa shape index (κ2) is 6.30. The second-order valence-corrected chi connectivity index (χ2v) is 3.26. The predicted molar refractivity (Wildman–Crippen MR) is 61.1 cm³/mol. The molecule has 5 heteroatoms. The Kier molecular flexibility index (Phi) is 4.76. The van der Waals surface area contributed by atoms with Crippen LogP contribution in [-0.2, 0) is 9.53 Å². The molecule has 0 saturated carbocycles. The number of halogens is 1. The fraction of sp³-hybridized carbons (Fsp3) is 0.154. The first-order chi connectivity index (χ1) is 8.58. The zero-order chi connectivity index (χ0) is 13.5. The second-order valence-electron chi connectivity index (χ2n) is 3.26. The van der Waals surface area contributed by atoms with Crippen molar-refractivity contribution < 1.29 is 18.7 Å². The van der Waals surface area contributed by atoms with Gasteiger partial charge in [0.15, 0.2) is 5.78 Å². The lowest BCUT2D eigenvalue weighted by atomic mass is 10.1. The molecule has 92 valence electrons. The predicted octanol–water partition coefficient (Wildman–Crippen LogP) is 2.02. The van der Waals surface area contributed by atoms with Gasteiger partial charge in [-0.05, 0) is 31.2 Å². The van der Waals surface area contributed by atoms with E-state index in [2.05, 4.69) is 4.74 Å². The molecule has 0 heterocycles. The number of nitrogens with zero attached hydrogens (tertiary/aromatic N) is 1. The van der Waals surface area contributed by atoms with Crippen molar-refractivity contribution in [2.75, 3.05) is 6.61 Å².